The van der Waals surface area contributed by atoms with Crippen molar-refractivity contribution < 1.29 is 9.90 Å². The first kappa shape index (κ1) is 11.3. The van der Waals surface area contributed by atoms with Crippen LogP contribution in [0.2, 0.25) is 0 Å². The van der Waals surface area contributed by atoms with E-state index in [0.29, 0.717) is 5.56 Å². The fraction of sp³-hybridized carbons (Fsp3) is 0.312. The molecule has 1 aromatic rings. The molecule has 0 saturated carbocycles. The summed E-state index contributed by atoms with van der Waals surface area (Å²) in [5.41, 5.74) is 5.55. The molecule has 0 aliphatic heterocycles. The summed E-state index contributed by atoms with van der Waals surface area (Å²) < 4.78 is 0. The van der Waals surface area contributed by atoms with Gasteiger partial charge in [0.2, 0.25) is 0 Å². The number of fused-ring (bicyclic) bond motifs is 1. The molecule has 0 amide bonds. The van der Waals surface area contributed by atoms with E-state index in [1.807, 2.05) is 12.1 Å². The third-order valence-electron chi connectivity index (χ3n) is 3.81. The number of rotatable bonds is 2. The molecule has 2 aliphatic rings. The summed E-state index contributed by atoms with van der Waals surface area (Å²) in [4.78, 5) is 11.0. The Balaban J connectivity index is 1.96. The van der Waals surface area contributed by atoms with Crippen LogP contribution in [0.15, 0.2) is 35.9 Å². The highest BCUT2D eigenvalue weighted by Crippen LogP contribution is 2.37. The SMILES string of the molecule is O=C(O)c1ccc2c(c1)CC=C2C1=CCCCC1. The molecule has 0 unspecified atom stereocenters. The maximum Gasteiger partial charge on any atom is 0.335 e. The summed E-state index contributed by atoms with van der Waals surface area (Å²) in [5.74, 6) is -0.844. The molecule has 0 bridgehead atoms. The van der Waals surface area contributed by atoms with Gasteiger partial charge in [0.15, 0.2) is 0 Å². The molecule has 0 heterocycles. The standard InChI is InChI=1S/C16H16O2/c17-16(18)13-7-9-15-12(10-13)6-8-14(15)11-4-2-1-3-5-11/h4,7-10H,1-3,5-6H2,(H,17,18). The van der Waals surface area contributed by atoms with E-state index < -0.39 is 5.97 Å². The fourth-order valence-corrected chi connectivity index (χ4v) is 2.87. The van der Waals surface area contributed by atoms with Crippen LogP contribution >= 0.6 is 0 Å². The Labute approximate surface area is 107 Å². The zero-order valence-electron chi connectivity index (χ0n) is 10.3. The van der Waals surface area contributed by atoms with Crippen molar-refractivity contribution in [2.75, 3.05) is 0 Å². The van der Waals surface area contributed by atoms with Crippen molar-refractivity contribution in [3.8, 4) is 0 Å². The van der Waals surface area contributed by atoms with Crippen LogP contribution in [0.5, 0.6) is 0 Å². The van der Waals surface area contributed by atoms with Gasteiger partial charge in [-0.2, -0.15) is 0 Å². The number of carbonyl (C=O) groups is 1. The topological polar surface area (TPSA) is 37.3 Å². The molecule has 2 heteroatoms. The van der Waals surface area contributed by atoms with Gasteiger partial charge < -0.3 is 5.11 Å². The minimum atomic E-state index is -0.844. The largest absolute Gasteiger partial charge is 0.478 e. The van der Waals surface area contributed by atoms with Crippen LogP contribution in [0.4, 0.5) is 0 Å². The van der Waals surface area contributed by atoms with Gasteiger partial charge >= 0.3 is 5.97 Å². The Hall–Kier alpha value is -1.83. The Morgan fingerprint density at radius 3 is 2.78 bits per heavy atom. The number of aromatic carboxylic acids is 1. The van der Waals surface area contributed by atoms with Crippen LogP contribution < -0.4 is 0 Å². The Morgan fingerprint density at radius 2 is 2.06 bits per heavy atom. The Bertz CT molecular complexity index is 564. The monoisotopic (exact) mass is 240 g/mol. The predicted octanol–water partition coefficient (Wildman–Crippen LogP) is 3.82. The summed E-state index contributed by atoms with van der Waals surface area (Å²) >= 11 is 0. The first-order chi connectivity index (χ1) is 8.75. The van der Waals surface area contributed by atoms with E-state index >= 15 is 0 Å². The van der Waals surface area contributed by atoms with Crippen molar-refractivity contribution >= 4 is 11.5 Å². The number of hydrogen-bond acceptors (Lipinski definition) is 1. The molecule has 0 atom stereocenters. The van der Waals surface area contributed by atoms with Gasteiger partial charge in [-0.3, -0.25) is 0 Å². The lowest BCUT2D eigenvalue weighted by Gasteiger charge is -2.15. The first-order valence-corrected chi connectivity index (χ1v) is 6.52. The number of carboxylic acid groups (broad SMARTS) is 1. The summed E-state index contributed by atoms with van der Waals surface area (Å²) in [5, 5.41) is 9.00. The van der Waals surface area contributed by atoms with Gasteiger partial charge in [-0.1, -0.05) is 18.2 Å². The third-order valence-corrected chi connectivity index (χ3v) is 3.81. The molecule has 2 aliphatic carbocycles. The van der Waals surface area contributed by atoms with Crippen LogP contribution in [0.25, 0.3) is 5.57 Å². The zero-order chi connectivity index (χ0) is 12.5. The van der Waals surface area contributed by atoms with E-state index in [1.54, 1.807) is 6.07 Å². The lowest BCUT2D eigenvalue weighted by atomic mass is 9.90. The molecule has 2 nitrogen and oxygen atoms in total. The maximum atomic E-state index is 11.0. The lowest BCUT2D eigenvalue weighted by Crippen LogP contribution is -1.99. The summed E-state index contributed by atoms with van der Waals surface area (Å²) in [6.45, 7) is 0. The van der Waals surface area contributed by atoms with Gasteiger partial charge in [-0.25, -0.2) is 4.79 Å². The quantitative estimate of drug-likeness (QED) is 0.853. The number of benzene rings is 1. The molecule has 0 aromatic heterocycles. The van der Waals surface area contributed by atoms with Gasteiger partial charge in [0.25, 0.3) is 0 Å². The van der Waals surface area contributed by atoms with Crippen molar-refractivity contribution in [1.82, 2.24) is 0 Å². The number of carboxylic acids is 1. The molecule has 1 N–H and O–H groups in total. The lowest BCUT2D eigenvalue weighted by molar-refractivity contribution is 0.0697. The highest BCUT2D eigenvalue weighted by Gasteiger charge is 2.19. The highest BCUT2D eigenvalue weighted by atomic mass is 16.4. The van der Waals surface area contributed by atoms with Crippen molar-refractivity contribution in [3.05, 3.63) is 52.6 Å². The Morgan fingerprint density at radius 1 is 1.17 bits per heavy atom. The summed E-state index contributed by atoms with van der Waals surface area (Å²) in [6.07, 6.45) is 10.3. The van der Waals surface area contributed by atoms with Crippen molar-refractivity contribution in [2.45, 2.75) is 32.1 Å². The van der Waals surface area contributed by atoms with Crippen LogP contribution in [0.1, 0.15) is 47.2 Å². The molecule has 0 spiro atoms. The van der Waals surface area contributed by atoms with Crippen molar-refractivity contribution in [2.24, 2.45) is 0 Å². The normalized spacial score (nSPS) is 18.0. The van der Waals surface area contributed by atoms with Crippen LogP contribution in [0, 0.1) is 0 Å². The first-order valence-electron chi connectivity index (χ1n) is 6.52. The molecule has 3 rings (SSSR count). The molecule has 92 valence electrons. The highest BCUT2D eigenvalue weighted by molar-refractivity contribution is 5.91. The third kappa shape index (κ3) is 1.88. The van der Waals surface area contributed by atoms with E-state index in [1.165, 1.54) is 36.0 Å². The van der Waals surface area contributed by atoms with Gasteiger partial charge in [0, 0.05) is 0 Å². The molecular formula is C16H16O2. The summed E-state index contributed by atoms with van der Waals surface area (Å²) in [6, 6.07) is 5.49. The maximum absolute atomic E-state index is 11.0. The smallest absolute Gasteiger partial charge is 0.335 e. The summed E-state index contributed by atoms with van der Waals surface area (Å²) in [7, 11) is 0. The van der Waals surface area contributed by atoms with Gasteiger partial charge in [0.1, 0.15) is 0 Å². The van der Waals surface area contributed by atoms with Crippen LogP contribution in [0.3, 0.4) is 0 Å². The second-order valence-electron chi connectivity index (χ2n) is 4.97. The molecule has 0 radical (unpaired) electrons. The van der Waals surface area contributed by atoms with Crippen molar-refractivity contribution in [1.29, 1.82) is 0 Å². The molecule has 0 saturated heterocycles. The number of allylic oxidation sites excluding steroid dienone is 4. The van der Waals surface area contributed by atoms with Crippen molar-refractivity contribution in [3.63, 3.8) is 0 Å². The molecular weight excluding hydrogens is 224 g/mol. The van der Waals surface area contributed by atoms with Gasteiger partial charge in [-0.15, -0.1) is 0 Å². The fourth-order valence-electron chi connectivity index (χ4n) is 2.87. The van der Waals surface area contributed by atoms with E-state index in [2.05, 4.69) is 12.2 Å². The van der Waals surface area contributed by atoms with Crippen LogP contribution in [-0.4, -0.2) is 11.1 Å². The van der Waals surface area contributed by atoms with Gasteiger partial charge in [-0.05, 0) is 66.5 Å². The van der Waals surface area contributed by atoms with Crippen LogP contribution in [-0.2, 0) is 6.42 Å². The van der Waals surface area contributed by atoms with E-state index in [-0.39, 0.29) is 0 Å². The molecule has 0 fully saturated rings. The predicted molar refractivity (Wildman–Crippen MR) is 71.6 cm³/mol. The van der Waals surface area contributed by atoms with E-state index in [4.69, 9.17) is 5.11 Å². The minimum Gasteiger partial charge on any atom is -0.478 e. The van der Waals surface area contributed by atoms with E-state index in [9.17, 15) is 4.79 Å². The number of hydrogen-bond donors (Lipinski definition) is 1. The minimum absolute atomic E-state index is 0.390. The second-order valence-corrected chi connectivity index (χ2v) is 4.97. The van der Waals surface area contributed by atoms with Gasteiger partial charge in [0.05, 0.1) is 5.56 Å². The Kier molecular flexibility index (Phi) is 2.78. The average molecular weight is 240 g/mol. The molecule has 18 heavy (non-hydrogen) atoms. The molecule has 1 aromatic carbocycles. The second kappa shape index (κ2) is 4.45. The zero-order valence-corrected chi connectivity index (χ0v) is 10.3. The average Bonchev–Trinajstić information content (AvgIpc) is 2.82. The van der Waals surface area contributed by atoms with E-state index in [0.717, 1.165) is 18.4 Å².